The molecule has 1 saturated heterocycles. The first-order chi connectivity index (χ1) is 6.68. The highest BCUT2D eigenvalue weighted by molar-refractivity contribution is 7.10. The quantitative estimate of drug-likeness (QED) is 0.701. The molecule has 0 amide bonds. The van der Waals surface area contributed by atoms with Crippen molar-refractivity contribution in [3.05, 3.63) is 21.9 Å². The van der Waals surface area contributed by atoms with Crippen molar-refractivity contribution in [1.82, 2.24) is 0 Å². The average Bonchev–Trinajstić information content (AvgIpc) is 2.73. The number of rotatable bonds is 2. The first-order valence-electron chi connectivity index (χ1n) is 4.88. The number of ether oxygens (including phenoxy) is 1. The molecule has 2 heterocycles. The molecule has 0 aliphatic carbocycles. The summed E-state index contributed by atoms with van der Waals surface area (Å²) in [5.41, 5.74) is 0.887. The molecule has 76 valence electrons. The largest absolute Gasteiger partial charge is 0.378 e. The number of carbonyl (C=O) groups is 1. The number of hydrogen-bond acceptors (Lipinski definition) is 3. The summed E-state index contributed by atoms with van der Waals surface area (Å²) in [6.07, 6.45) is 1.11. The lowest BCUT2D eigenvalue weighted by molar-refractivity contribution is 0.0877. The van der Waals surface area contributed by atoms with E-state index in [1.807, 2.05) is 25.3 Å². The second kappa shape index (κ2) is 3.83. The number of aryl methyl sites for hydroxylation is 1. The fraction of sp³-hybridized carbons (Fsp3) is 0.545. The second-order valence-corrected chi connectivity index (χ2v) is 4.95. The normalized spacial score (nSPS) is 26.7. The smallest absolute Gasteiger partial charge is 0.169 e. The van der Waals surface area contributed by atoms with Crippen LogP contribution in [0.25, 0.3) is 0 Å². The Balaban J connectivity index is 2.13. The van der Waals surface area contributed by atoms with E-state index >= 15 is 0 Å². The van der Waals surface area contributed by atoms with E-state index in [1.54, 1.807) is 11.3 Å². The molecule has 14 heavy (non-hydrogen) atoms. The Kier molecular flexibility index (Phi) is 2.70. The van der Waals surface area contributed by atoms with Gasteiger partial charge in [0.1, 0.15) is 0 Å². The zero-order valence-corrected chi connectivity index (χ0v) is 9.26. The van der Waals surface area contributed by atoms with E-state index in [0.29, 0.717) is 6.61 Å². The Labute approximate surface area is 87.9 Å². The summed E-state index contributed by atoms with van der Waals surface area (Å²) >= 11 is 1.63. The summed E-state index contributed by atoms with van der Waals surface area (Å²) in [4.78, 5) is 13.1. The Morgan fingerprint density at radius 2 is 2.43 bits per heavy atom. The highest BCUT2D eigenvalue weighted by Gasteiger charge is 2.29. The van der Waals surface area contributed by atoms with Gasteiger partial charge in [-0.25, -0.2) is 0 Å². The summed E-state index contributed by atoms with van der Waals surface area (Å²) in [6, 6.07) is 1.92. The van der Waals surface area contributed by atoms with Crippen molar-refractivity contribution in [2.24, 2.45) is 5.92 Å². The Morgan fingerprint density at radius 3 is 2.93 bits per heavy atom. The van der Waals surface area contributed by atoms with Crippen molar-refractivity contribution in [3.8, 4) is 0 Å². The average molecular weight is 210 g/mol. The third kappa shape index (κ3) is 1.74. The minimum Gasteiger partial charge on any atom is -0.378 e. The maximum Gasteiger partial charge on any atom is 0.169 e. The van der Waals surface area contributed by atoms with Crippen molar-refractivity contribution in [2.75, 3.05) is 6.61 Å². The SMILES string of the molecule is Cc1sccc1C(=O)C1COC(C)C1. The summed E-state index contributed by atoms with van der Waals surface area (Å²) < 4.78 is 5.41. The Morgan fingerprint density at radius 1 is 1.64 bits per heavy atom. The van der Waals surface area contributed by atoms with Crippen LogP contribution in [0.5, 0.6) is 0 Å². The van der Waals surface area contributed by atoms with Gasteiger partial charge in [-0.05, 0) is 31.7 Å². The standard InChI is InChI=1S/C11H14O2S/c1-7-5-9(6-13-7)11(12)10-3-4-14-8(10)2/h3-4,7,9H,5-6H2,1-2H3. The van der Waals surface area contributed by atoms with Crippen LogP contribution in [0.2, 0.25) is 0 Å². The van der Waals surface area contributed by atoms with Crippen molar-refractivity contribution in [1.29, 1.82) is 0 Å². The van der Waals surface area contributed by atoms with Gasteiger partial charge >= 0.3 is 0 Å². The molecule has 0 bridgehead atoms. The predicted octanol–water partition coefficient (Wildman–Crippen LogP) is 2.66. The van der Waals surface area contributed by atoms with Crippen LogP contribution >= 0.6 is 11.3 Å². The van der Waals surface area contributed by atoms with Gasteiger partial charge in [0.2, 0.25) is 0 Å². The molecule has 2 unspecified atom stereocenters. The van der Waals surface area contributed by atoms with Crippen LogP contribution in [0, 0.1) is 12.8 Å². The molecule has 2 nitrogen and oxygen atoms in total. The van der Waals surface area contributed by atoms with E-state index in [0.717, 1.165) is 16.9 Å². The summed E-state index contributed by atoms with van der Waals surface area (Å²) in [5.74, 6) is 0.339. The molecular formula is C11H14O2S. The lowest BCUT2D eigenvalue weighted by Gasteiger charge is -2.05. The van der Waals surface area contributed by atoms with E-state index in [9.17, 15) is 4.79 Å². The minimum absolute atomic E-state index is 0.0818. The van der Waals surface area contributed by atoms with Crippen molar-refractivity contribution < 1.29 is 9.53 Å². The molecule has 1 aromatic rings. The van der Waals surface area contributed by atoms with E-state index in [2.05, 4.69) is 0 Å². The third-order valence-corrected chi connectivity index (χ3v) is 3.54. The van der Waals surface area contributed by atoms with E-state index < -0.39 is 0 Å². The van der Waals surface area contributed by atoms with Crippen LogP contribution in [-0.2, 0) is 4.74 Å². The molecule has 1 aromatic heterocycles. The Hall–Kier alpha value is -0.670. The number of ketones is 1. The first kappa shape index (κ1) is 9.87. The predicted molar refractivity (Wildman–Crippen MR) is 56.9 cm³/mol. The summed E-state index contributed by atoms with van der Waals surface area (Å²) in [7, 11) is 0. The van der Waals surface area contributed by atoms with E-state index in [4.69, 9.17) is 4.74 Å². The van der Waals surface area contributed by atoms with Gasteiger partial charge in [0.25, 0.3) is 0 Å². The van der Waals surface area contributed by atoms with E-state index in [-0.39, 0.29) is 17.8 Å². The van der Waals surface area contributed by atoms with Gasteiger partial charge in [-0.15, -0.1) is 11.3 Å². The number of thiophene rings is 1. The van der Waals surface area contributed by atoms with Gasteiger partial charge in [-0.2, -0.15) is 0 Å². The van der Waals surface area contributed by atoms with E-state index in [1.165, 1.54) is 0 Å². The van der Waals surface area contributed by atoms with Crippen LogP contribution in [0.3, 0.4) is 0 Å². The fourth-order valence-electron chi connectivity index (χ4n) is 1.86. The second-order valence-electron chi connectivity index (χ2n) is 3.83. The van der Waals surface area contributed by atoms with Crippen molar-refractivity contribution in [2.45, 2.75) is 26.4 Å². The molecule has 1 aliphatic rings. The molecule has 1 fully saturated rings. The number of hydrogen-bond donors (Lipinski definition) is 0. The van der Waals surface area contributed by atoms with Gasteiger partial charge < -0.3 is 4.74 Å². The minimum atomic E-state index is 0.0818. The maximum atomic E-state index is 12.0. The number of Topliss-reactive ketones (excluding diaryl/α,β-unsaturated/α-hetero) is 1. The third-order valence-electron chi connectivity index (χ3n) is 2.69. The zero-order chi connectivity index (χ0) is 10.1. The summed E-state index contributed by atoms with van der Waals surface area (Å²) in [5, 5.41) is 1.97. The molecule has 2 atom stereocenters. The van der Waals surface area contributed by atoms with Gasteiger partial charge in [0.15, 0.2) is 5.78 Å². The van der Waals surface area contributed by atoms with Gasteiger partial charge in [-0.3, -0.25) is 4.79 Å². The molecule has 2 rings (SSSR count). The van der Waals surface area contributed by atoms with Crippen LogP contribution in [0.15, 0.2) is 11.4 Å². The molecule has 3 heteroatoms. The molecule has 0 aromatic carbocycles. The molecule has 1 aliphatic heterocycles. The van der Waals surface area contributed by atoms with Crippen molar-refractivity contribution >= 4 is 17.1 Å². The Bertz CT molecular complexity index is 343. The highest BCUT2D eigenvalue weighted by Crippen LogP contribution is 2.26. The van der Waals surface area contributed by atoms with Gasteiger partial charge in [0.05, 0.1) is 12.7 Å². The topological polar surface area (TPSA) is 26.3 Å². The molecule has 0 N–H and O–H groups in total. The van der Waals surface area contributed by atoms with Crippen molar-refractivity contribution in [3.63, 3.8) is 0 Å². The maximum absolute atomic E-state index is 12.0. The molecule has 0 radical (unpaired) electrons. The van der Waals surface area contributed by atoms with Gasteiger partial charge in [0, 0.05) is 16.4 Å². The van der Waals surface area contributed by atoms with Crippen LogP contribution in [0.4, 0.5) is 0 Å². The lowest BCUT2D eigenvalue weighted by Crippen LogP contribution is -2.14. The fourth-order valence-corrected chi connectivity index (χ4v) is 2.56. The number of carbonyl (C=O) groups excluding carboxylic acids is 1. The molecule has 0 spiro atoms. The van der Waals surface area contributed by atoms with Gasteiger partial charge in [-0.1, -0.05) is 0 Å². The monoisotopic (exact) mass is 210 g/mol. The molecule has 0 saturated carbocycles. The lowest BCUT2D eigenvalue weighted by atomic mass is 9.96. The van der Waals surface area contributed by atoms with Crippen LogP contribution in [0.1, 0.15) is 28.6 Å². The highest BCUT2D eigenvalue weighted by atomic mass is 32.1. The van der Waals surface area contributed by atoms with Crippen LogP contribution in [-0.4, -0.2) is 18.5 Å². The first-order valence-corrected chi connectivity index (χ1v) is 5.76. The molecular weight excluding hydrogens is 196 g/mol. The summed E-state index contributed by atoms with van der Waals surface area (Å²) in [6.45, 7) is 4.61. The zero-order valence-electron chi connectivity index (χ0n) is 8.45. The van der Waals surface area contributed by atoms with Crippen LogP contribution < -0.4 is 0 Å².